The van der Waals surface area contributed by atoms with Gasteiger partial charge >= 0.3 is 0 Å². The molecule has 0 atom stereocenters. The molecule has 0 unspecified atom stereocenters. The predicted octanol–water partition coefficient (Wildman–Crippen LogP) is 6.27. The minimum absolute atomic E-state index is 0.0676. The molecule has 0 saturated heterocycles. The van der Waals surface area contributed by atoms with E-state index < -0.39 is 0 Å². The van der Waals surface area contributed by atoms with Crippen LogP contribution in [0.5, 0.6) is 11.5 Å². The fourth-order valence-corrected chi connectivity index (χ4v) is 4.09. The van der Waals surface area contributed by atoms with E-state index in [0.717, 1.165) is 39.4 Å². The molecular weight excluding hydrogens is 424 g/mol. The van der Waals surface area contributed by atoms with Crippen LogP contribution in [-0.2, 0) is 4.79 Å². The molecule has 0 saturated carbocycles. The van der Waals surface area contributed by atoms with Crippen molar-refractivity contribution in [3.8, 4) is 11.5 Å². The fourth-order valence-electron chi connectivity index (χ4n) is 4.09. The molecule has 5 nitrogen and oxygen atoms in total. The maximum Gasteiger partial charge on any atom is 0.238 e. The average Bonchev–Trinajstić information content (AvgIpc) is 2.84. The number of rotatable bonds is 10. The predicted molar refractivity (Wildman–Crippen MR) is 139 cm³/mol. The van der Waals surface area contributed by atoms with Crippen LogP contribution < -0.4 is 20.1 Å². The zero-order chi connectivity index (χ0) is 24.7. The minimum Gasteiger partial charge on any atom is -0.497 e. The largest absolute Gasteiger partial charge is 0.497 e. The summed E-state index contributed by atoms with van der Waals surface area (Å²) in [6, 6.07) is 21.9. The lowest BCUT2D eigenvalue weighted by Gasteiger charge is -2.22. The molecule has 0 heterocycles. The Balaban J connectivity index is 1.83. The van der Waals surface area contributed by atoms with Gasteiger partial charge in [-0.15, -0.1) is 0 Å². The molecule has 0 aliphatic heterocycles. The van der Waals surface area contributed by atoms with Crippen molar-refractivity contribution >= 4 is 11.6 Å². The molecule has 34 heavy (non-hydrogen) atoms. The van der Waals surface area contributed by atoms with Gasteiger partial charge in [0.15, 0.2) is 0 Å². The second-order valence-electron chi connectivity index (χ2n) is 9.03. The number of carbonyl (C=O) groups excluding carboxylic acids is 1. The molecular formula is C29H36N2O3. The van der Waals surface area contributed by atoms with Crippen molar-refractivity contribution in [2.75, 3.05) is 26.1 Å². The van der Waals surface area contributed by atoms with Gasteiger partial charge in [-0.3, -0.25) is 10.1 Å². The normalized spacial score (nSPS) is 11.2. The molecule has 0 fully saturated rings. The highest BCUT2D eigenvalue weighted by Gasteiger charge is 2.19. The third-order valence-electron chi connectivity index (χ3n) is 6.00. The number of methoxy groups -OCH3 is 2. The summed E-state index contributed by atoms with van der Waals surface area (Å²) in [5.41, 5.74) is 5.33. The second-order valence-corrected chi connectivity index (χ2v) is 9.03. The lowest BCUT2D eigenvalue weighted by Crippen LogP contribution is -2.32. The SMILES string of the molecule is COc1ccc(C(NCC(=O)Nc2c(C(C)C)cccc2C(C)C)c2ccc(OC)cc2)cc1. The monoisotopic (exact) mass is 460 g/mol. The van der Waals surface area contributed by atoms with Crippen LogP contribution in [0.25, 0.3) is 0 Å². The highest BCUT2D eigenvalue weighted by molar-refractivity contribution is 5.94. The Bertz CT molecular complexity index is 1000. The Morgan fingerprint density at radius 3 is 1.56 bits per heavy atom. The van der Waals surface area contributed by atoms with Gasteiger partial charge in [0.1, 0.15) is 11.5 Å². The van der Waals surface area contributed by atoms with Crippen molar-refractivity contribution in [1.82, 2.24) is 5.32 Å². The molecule has 3 rings (SSSR count). The highest BCUT2D eigenvalue weighted by Crippen LogP contribution is 2.32. The van der Waals surface area contributed by atoms with Crippen LogP contribution in [0, 0.1) is 0 Å². The van der Waals surface area contributed by atoms with E-state index >= 15 is 0 Å². The van der Waals surface area contributed by atoms with E-state index in [2.05, 4.69) is 56.5 Å². The van der Waals surface area contributed by atoms with Crippen LogP contribution in [0.15, 0.2) is 66.7 Å². The fraction of sp³-hybridized carbons (Fsp3) is 0.345. The third-order valence-corrected chi connectivity index (χ3v) is 6.00. The summed E-state index contributed by atoms with van der Waals surface area (Å²) < 4.78 is 10.6. The van der Waals surface area contributed by atoms with E-state index in [1.54, 1.807) is 14.2 Å². The minimum atomic E-state index is -0.160. The molecule has 180 valence electrons. The molecule has 0 aliphatic rings. The Kier molecular flexibility index (Phi) is 8.72. The zero-order valence-corrected chi connectivity index (χ0v) is 21.0. The summed E-state index contributed by atoms with van der Waals surface area (Å²) in [6.45, 7) is 8.77. The van der Waals surface area contributed by atoms with E-state index in [1.807, 2.05) is 48.5 Å². The van der Waals surface area contributed by atoms with Crippen LogP contribution in [0.1, 0.15) is 67.8 Å². The van der Waals surface area contributed by atoms with Crippen molar-refractivity contribution in [2.45, 2.75) is 45.6 Å². The summed E-state index contributed by atoms with van der Waals surface area (Å²) in [5, 5.41) is 6.65. The highest BCUT2D eigenvalue weighted by atomic mass is 16.5. The quantitative estimate of drug-likeness (QED) is 0.374. The van der Waals surface area contributed by atoms with E-state index in [-0.39, 0.29) is 18.5 Å². The number of nitrogens with one attached hydrogen (secondary N) is 2. The molecule has 3 aromatic carbocycles. The van der Waals surface area contributed by atoms with E-state index in [4.69, 9.17) is 9.47 Å². The number of hydrogen-bond acceptors (Lipinski definition) is 4. The average molecular weight is 461 g/mol. The first-order valence-electron chi connectivity index (χ1n) is 11.8. The van der Waals surface area contributed by atoms with Crippen molar-refractivity contribution in [2.24, 2.45) is 0 Å². The van der Waals surface area contributed by atoms with Gasteiger partial charge in [0.25, 0.3) is 0 Å². The Morgan fingerprint density at radius 1 is 0.735 bits per heavy atom. The summed E-state index contributed by atoms with van der Waals surface area (Å²) in [6.07, 6.45) is 0. The molecule has 3 aromatic rings. The van der Waals surface area contributed by atoms with Crippen LogP contribution in [0.3, 0.4) is 0 Å². The molecule has 0 aliphatic carbocycles. The van der Waals surface area contributed by atoms with Crippen LogP contribution >= 0.6 is 0 Å². The number of benzene rings is 3. The van der Waals surface area contributed by atoms with E-state index in [1.165, 1.54) is 0 Å². The molecule has 1 amide bonds. The van der Waals surface area contributed by atoms with Gasteiger partial charge < -0.3 is 14.8 Å². The van der Waals surface area contributed by atoms with E-state index in [9.17, 15) is 4.79 Å². The van der Waals surface area contributed by atoms with Crippen LogP contribution in [0.4, 0.5) is 5.69 Å². The topological polar surface area (TPSA) is 59.6 Å². The molecule has 0 radical (unpaired) electrons. The lowest BCUT2D eigenvalue weighted by atomic mass is 9.92. The maximum absolute atomic E-state index is 13.1. The van der Waals surface area contributed by atoms with Crippen molar-refractivity contribution in [1.29, 1.82) is 0 Å². The Morgan fingerprint density at radius 2 is 1.18 bits per heavy atom. The number of ether oxygens (including phenoxy) is 2. The molecule has 2 N–H and O–H groups in total. The van der Waals surface area contributed by atoms with Gasteiger partial charge in [0, 0.05) is 5.69 Å². The van der Waals surface area contributed by atoms with Crippen LogP contribution in [0.2, 0.25) is 0 Å². The summed E-state index contributed by atoms with van der Waals surface area (Å²) in [5.74, 6) is 2.14. The third kappa shape index (κ3) is 6.17. The van der Waals surface area contributed by atoms with Gasteiger partial charge in [-0.1, -0.05) is 70.2 Å². The summed E-state index contributed by atoms with van der Waals surface area (Å²) in [7, 11) is 3.30. The first-order valence-corrected chi connectivity index (χ1v) is 11.8. The maximum atomic E-state index is 13.1. The first kappa shape index (κ1) is 25.3. The van der Waals surface area contributed by atoms with Crippen molar-refractivity contribution < 1.29 is 14.3 Å². The van der Waals surface area contributed by atoms with Crippen LogP contribution in [-0.4, -0.2) is 26.7 Å². The number of amides is 1. The van der Waals surface area contributed by atoms with Gasteiger partial charge in [-0.25, -0.2) is 0 Å². The smallest absolute Gasteiger partial charge is 0.238 e. The standard InChI is InChI=1S/C29H36N2O3/c1-19(2)25-8-7-9-26(20(3)4)29(25)31-27(32)18-30-28(21-10-14-23(33-5)15-11-21)22-12-16-24(34-6)17-13-22/h7-17,19-20,28,30H,18H2,1-6H3,(H,31,32). The van der Waals surface area contributed by atoms with Crippen molar-refractivity contribution in [3.05, 3.63) is 89.0 Å². The van der Waals surface area contributed by atoms with Gasteiger partial charge in [0.2, 0.25) is 5.91 Å². The molecule has 5 heteroatoms. The van der Waals surface area contributed by atoms with E-state index in [0.29, 0.717) is 11.8 Å². The number of hydrogen-bond donors (Lipinski definition) is 2. The lowest BCUT2D eigenvalue weighted by molar-refractivity contribution is -0.115. The molecule has 0 spiro atoms. The molecule has 0 aromatic heterocycles. The van der Waals surface area contributed by atoms with Gasteiger partial charge in [-0.2, -0.15) is 0 Å². The summed E-state index contributed by atoms with van der Waals surface area (Å²) in [4.78, 5) is 13.1. The Labute approximate surface area is 203 Å². The Hall–Kier alpha value is -3.31. The second kappa shape index (κ2) is 11.7. The first-order chi connectivity index (χ1) is 16.3. The number of anilines is 1. The zero-order valence-electron chi connectivity index (χ0n) is 21.0. The number of para-hydroxylation sites is 1. The summed E-state index contributed by atoms with van der Waals surface area (Å²) >= 11 is 0. The van der Waals surface area contributed by atoms with Crippen molar-refractivity contribution in [3.63, 3.8) is 0 Å². The van der Waals surface area contributed by atoms with Gasteiger partial charge in [0.05, 0.1) is 26.8 Å². The number of carbonyl (C=O) groups is 1. The van der Waals surface area contributed by atoms with Gasteiger partial charge in [-0.05, 0) is 58.4 Å². The molecule has 0 bridgehead atoms.